The molecule has 0 aliphatic rings. The first-order chi connectivity index (χ1) is 9.10. The van der Waals surface area contributed by atoms with Crippen molar-refractivity contribution < 1.29 is 4.74 Å². The van der Waals surface area contributed by atoms with Crippen LogP contribution in [0.2, 0.25) is 0 Å². The summed E-state index contributed by atoms with van der Waals surface area (Å²) in [6.07, 6.45) is 7.21. The fourth-order valence-corrected chi connectivity index (χ4v) is 3.15. The van der Waals surface area contributed by atoms with Gasteiger partial charge in [0.15, 0.2) is 0 Å². The summed E-state index contributed by atoms with van der Waals surface area (Å²) in [5, 5.41) is 3.76. The lowest BCUT2D eigenvalue weighted by Gasteiger charge is -2.41. The van der Waals surface area contributed by atoms with Gasteiger partial charge in [-0.3, -0.25) is 0 Å². The molecule has 0 amide bonds. The molecule has 1 N–H and O–H groups in total. The van der Waals surface area contributed by atoms with E-state index in [1.165, 1.54) is 25.7 Å². The Bertz CT molecular complexity index is 201. The fraction of sp³-hybridized carbons (Fsp3) is 1.00. The minimum absolute atomic E-state index is 0.0198. The first kappa shape index (κ1) is 18.9. The van der Waals surface area contributed by atoms with E-state index in [9.17, 15) is 0 Å². The summed E-state index contributed by atoms with van der Waals surface area (Å²) < 4.78 is 6.20. The molecular formula is C17H37NO. The van der Waals surface area contributed by atoms with Gasteiger partial charge in [0.1, 0.15) is 0 Å². The molecule has 0 bridgehead atoms. The summed E-state index contributed by atoms with van der Waals surface area (Å²) in [5.74, 6) is 0.775. The zero-order valence-corrected chi connectivity index (χ0v) is 14.2. The van der Waals surface area contributed by atoms with Gasteiger partial charge in [0.2, 0.25) is 0 Å². The largest absolute Gasteiger partial charge is 0.374 e. The van der Waals surface area contributed by atoms with E-state index in [4.69, 9.17) is 4.74 Å². The molecule has 0 fully saturated rings. The highest BCUT2D eigenvalue weighted by Gasteiger charge is 2.36. The standard InChI is InChI=1S/C17H37NO/c1-7-12-15(6)14-16(18-13-8-2)17(9-3,10-4)19-11-5/h15-16,18H,7-14H2,1-6H3. The lowest BCUT2D eigenvalue weighted by atomic mass is 9.82. The average molecular weight is 271 g/mol. The van der Waals surface area contributed by atoms with Gasteiger partial charge in [0.25, 0.3) is 0 Å². The highest BCUT2D eigenvalue weighted by molar-refractivity contribution is 4.92. The van der Waals surface area contributed by atoms with Crippen LogP contribution in [-0.2, 0) is 4.74 Å². The molecule has 2 unspecified atom stereocenters. The SMILES string of the molecule is CCCNC(CC(C)CCC)C(CC)(CC)OCC. The predicted octanol–water partition coefficient (Wildman–Crippen LogP) is 4.78. The van der Waals surface area contributed by atoms with E-state index in [0.717, 1.165) is 31.9 Å². The lowest BCUT2D eigenvalue weighted by molar-refractivity contribution is -0.0765. The first-order valence-electron chi connectivity index (χ1n) is 8.47. The maximum atomic E-state index is 6.20. The summed E-state index contributed by atoms with van der Waals surface area (Å²) in [6, 6.07) is 0.490. The second-order valence-electron chi connectivity index (χ2n) is 5.84. The van der Waals surface area contributed by atoms with Crippen LogP contribution in [0.1, 0.15) is 80.1 Å². The fourth-order valence-electron chi connectivity index (χ4n) is 3.15. The summed E-state index contributed by atoms with van der Waals surface area (Å²) in [6.45, 7) is 15.5. The molecule has 2 nitrogen and oxygen atoms in total. The molecule has 0 aliphatic carbocycles. The number of nitrogens with one attached hydrogen (secondary N) is 1. The maximum Gasteiger partial charge on any atom is 0.0829 e. The third kappa shape index (κ3) is 6.27. The Hall–Kier alpha value is -0.0800. The van der Waals surface area contributed by atoms with E-state index >= 15 is 0 Å². The minimum Gasteiger partial charge on any atom is -0.374 e. The van der Waals surface area contributed by atoms with Crippen molar-refractivity contribution in [3.63, 3.8) is 0 Å². The van der Waals surface area contributed by atoms with Crippen molar-refractivity contribution in [3.05, 3.63) is 0 Å². The highest BCUT2D eigenvalue weighted by atomic mass is 16.5. The third-order valence-corrected chi connectivity index (χ3v) is 4.32. The van der Waals surface area contributed by atoms with Crippen molar-refractivity contribution in [2.75, 3.05) is 13.2 Å². The van der Waals surface area contributed by atoms with Crippen LogP contribution in [0.15, 0.2) is 0 Å². The van der Waals surface area contributed by atoms with Gasteiger partial charge in [-0.25, -0.2) is 0 Å². The minimum atomic E-state index is 0.0198. The van der Waals surface area contributed by atoms with Crippen molar-refractivity contribution >= 4 is 0 Å². The summed E-state index contributed by atoms with van der Waals surface area (Å²) >= 11 is 0. The van der Waals surface area contributed by atoms with Gasteiger partial charge >= 0.3 is 0 Å². The van der Waals surface area contributed by atoms with Crippen LogP contribution in [0.5, 0.6) is 0 Å². The van der Waals surface area contributed by atoms with Crippen LogP contribution in [0.3, 0.4) is 0 Å². The molecule has 0 aromatic rings. The third-order valence-electron chi connectivity index (χ3n) is 4.32. The van der Waals surface area contributed by atoms with E-state index in [2.05, 4.69) is 46.9 Å². The van der Waals surface area contributed by atoms with E-state index < -0.39 is 0 Å². The van der Waals surface area contributed by atoms with Gasteiger partial charge in [-0.05, 0) is 45.1 Å². The summed E-state index contributed by atoms with van der Waals surface area (Å²) in [7, 11) is 0. The number of rotatable bonds is 12. The Kier molecular flexibility index (Phi) is 10.6. The van der Waals surface area contributed by atoms with Crippen molar-refractivity contribution in [2.45, 2.75) is 91.7 Å². The Balaban J connectivity index is 4.83. The number of hydrogen-bond donors (Lipinski definition) is 1. The molecule has 0 radical (unpaired) electrons. The van der Waals surface area contributed by atoms with E-state index in [-0.39, 0.29) is 5.60 Å². The Labute approximate surface area is 121 Å². The molecule has 2 atom stereocenters. The number of ether oxygens (including phenoxy) is 1. The number of hydrogen-bond acceptors (Lipinski definition) is 2. The lowest BCUT2D eigenvalue weighted by Crippen LogP contribution is -2.53. The zero-order valence-electron chi connectivity index (χ0n) is 14.2. The molecule has 19 heavy (non-hydrogen) atoms. The quantitative estimate of drug-likeness (QED) is 0.552. The second kappa shape index (κ2) is 10.7. The topological polar surface area (TPSA) is 21.3 Å². The normalized spacial score (nSPS) is 15.5. The van der Waals surface area contributed by atoms with Gasteiger partial charge in [-0.2, -0.15) is 0 Å². The molecule has 0 saturated carbocycles. The van der Waals surface area contributed by atoms with E-state index in [0.29, 0.717) is 6.04 Å². The van der Waals surface area contributed by atoms with Crippen LogP contribution in [0.4, 0.5) is 0 Å². The molecule has 0 aromatic heterocycles. The van der Waals surface area contributed by atoms with Crippen LogP contribution < -0.4 is 5.32 Å². The molecule has 0 aliphatic heterocycles. The van der Waals surface area contributed by atoms with Crippen LogP contribution in [-0.4, -0.2) is 24.8 Å². The van der Waals surface area contributed by atoms with Crippen LogP contribution >= 0.6 is 0 Å². The molecule has 116 valence electrons. The van der Waals surface area contributed by atoms with Gasteiger partial charge in [-0.1, -0.05) is 47.5 Å². The monoisotopic (exact) mass is 271 g/mol. The predicted molar refractivity (Wildman–Crippen MR) is 85.7 cm³/mol. The molecular weight excluding hydrogens is 234 g/mol. The first-order valence-corrected chi connectivity index (χ1v) is 8.47. The molecule has 0 aromatic carbocycles. The zero-order chi connectivity index (χ0) is 14.7. The Morgan fingerprint density at radius 2 is 1.63 bits per heavy atom. The van der Waals surface area contributed by atoms with Crippen molar-refractivity contribution in [3.8, 4) is 0 Å². The molecule has 0 spiro atoms. The Morgan fingerprint density at radius 1 is 1.00 bits per heavy atom. The van der Waals surface area contributed by atoms with Gasteiger partial charge in [-0.15, -0.1) is 0 Å². The average Bonchev–Trinajstić information content (AvgIpc) is 2.41. The van der Waals surface area contributed by atoms with Crippen molar-refractivity contribution in [1.82, 2.24) is 5.32 Å². The van der Waals surface area contributed by atoms with Gasteiger partial charge in [0, 0.05) is 12.6 Å². The van der Waals surface area contributed by atoms with Crippen molar-refractivity contribution in [1.29, 1.82) is 0 Å². The smallest absolute Gasteiger partial charge is 0.0829 e. The molecule has 0 rings (SSSR count). The molecule has 2 heteroatoms. The van der Waals surface area contributed by atoms with Crippen LogP contribution in [0.25, 0.3) is 0 Å². The summed E-state index contributed by atoms with van der Waals surface area (Å²) in [5.41, 5.74) is 0.0198. The molecule has 0 saturated heterocycles. The van der Waals surface area contributed by atoms with Crippen molar-refractivity contribution in [2.24, 2.45) is 5.92 Å². The maximum absolute atomic E-state index is 6.20. The second-order valence-corrected chi connectivity index (χ2v) is 5.84. The highest BCUT2D eigenvalue weighted by Crippen LogP contribution is 2.30. The Morgan fingerprint density at radius 3 is 2.05 bits per heavy atom. The van der Waals surface area contributed by atoms with E-state index in [1.807, 2.05) is 0 Å². The van der Waals surface area contributed by atoms with Gasteiger partial charge in [0.05, 0.1) is 5.60 Å². The van der Waals surface area contributed by atoms with Crippen LogP contribution in [0, 0.1) is 5.92 Å². The molecule has 0 heterocycles. The summed E-state index contributed by atoms with van der Waals surface area (Å²) in [4.78, 5) is 0. The van der Waals surface area contributed by atoms with E-state index in [1.54, 1.807) is 0 Å². The van der Waals surface area contributed by atoms with Gasteiger partial charge < -0.3 is 10.1 Å².